The van der Waals surface area contributed by atoms with Gasteiger partial charge in [0.15, 0.2) is 0 Å². The summed E-state index contributed by atoms with van der Waals surface area (Å²) in [6.45, 7) is 1.71. The maximum Gasteiger partial charge on any atom is 0.253 e. The lowest BCUT2D eigenvalue weighted by atomic mass is 9.99. The van der Waals surface area contributed by atoms with Crippen molar-refractivity contribution in [3.8, 4) is 5.69 Å². The highest BCUT2D eigenvalue weighted by molar-refractivity contribution is 5.98. The topological polar surface area (TPSA) is 68.0 Å². The van der Waals surface area contributed by atoms with Gasteiger partial charge in [0.25, 0.3) is 5.91 Å². The summed E-state index contributed by atoms with van der Waals surface area (Å²) in [5.74, 6) is 0.136. The SMILES string of the molecule is CN1C[C@@H](NC(=O)c2ccccc2-n2cccn2)[C@H](c2cncn2C)C1. The quantitative estimate of drug-likeness (QED) is 0.773. The molecule has 7 nitrogen and oxygen atoms in total. The number of hydrogen-bond donors (Lipinski definition) is 1. The van der Waals surface area contributed by atoms with Gasteiger partial charge < -0.3 is 14.8 Å². The summed E-state index contributed by atoms with van der Waals surface area (Å²) < 4.78 is 3.74. The monoisotopic (exact) mass is 350 g/mol. The number of carbonyl (C=O) groups is 1. The van der Waals surface area contributed by atoms with Gasteiger partial charge in [-0.2, -0.15) is 5.10 Å². The van der Waals surface area contributed by atoms with Crippen LogP contribution in [0.15, 0.2) is 55.2 Å². The summed E-state index contributed by atoms with van der Waals surface area (Å²) in [5, 5.41) is 7.49. The molecule has 1 aliphatic rings. The summed E-state index contributed by atoms with van der Waals surface area (Å²) in [6.07, 6.45) is 7.24. The van der Waals surface area contributed by atoms with Crippen LogP contribution < -0.4 is 5.32 Å². The molecular weight excluding hydrogens is 328 g/mol. The van der Waals surface area contributed by atoms with E-state index in [4.69, 9.17) is 0 Å². The first-order valence-corrected chi connectivity index (χ1v) is 8.68. The van der Waals surface area contributed by atoms with Gasteiger partial charge in [0.05, 0.1) is 23.6 Å². The average Bonchev–Trinajstić information content (AvgIpc) is 3.36. The minimum atomic E-state index is -0.0800. The standard InChI is InChI=1S/C19H22N6O/c1-23-11-15(18-10-20-13-24(18)2)16(12-23)22-19(26)14-6-3-4-7-17(14)25-9-5-8-21-25/h3-10,13,15-16H,11-12H2,1-2H3,(H,22,26)/t15-,16-/m1/s1. The number of aromatic nitrogens is 4. The number of amides is 1. The number of para-hydroxylation sites is 1. The predicted molar refractivity (Wildman–Crippen MR) is 98.3 cm³/mol. The minimum Gasteiger partial charge on any atom is -0.347 e. The number of likely N-dealkylation sites (N-methyl/N-ethyl adjacent to an activating group) is 1. The highest BCUT2D eigenvalue weighted by Crippen LogP contribution is 2.27. The second kappa shape index (κ2) is 6.76. The molecule has 1 fully saturated rings. The number of benzene rings is 1. The van der Waals surface area contributed by atoms with Gasteiger partial charge in [0.1, 0.15) is 0 Å². The van der Waals surface area contributed by atoms with E-state index in [0.29, 0.717) is 5.56 Å². The van der Waals surface area contributed by atoms with Gasteiger partial charge in [0.2, 0.25) is 0 Å². The van der Waals surface area contributed by atoms with Crippen molar-refractivity contribution in [1.29, 1.82) is 0 Å². The van der Waals surface area contributed by atoms with Gasteiger partial charge in [-0.05, 0) is 25.2 Å². The van der Waals surface area contributed by atoms with Crippen LogP contribution in [-0.2, 0) is 7.05 Å². The molecule has 0 radical (unpaired) electrons. The Morgan fingerprint density at radius 3 is 2.77 bits per heavy atom. The summed E-state index contributed by atoms with van der Waals surface area (Å²) in [4.78, 5) is 19.5. The van der Waals surface area contributed by atoms with E-state index in [1.807, 2.05) is 54.3 Å². The van der Waals surface area contributed by atoms with Gasteiger partial charge in [0, 0.05) is 50.3 Å². The Bertz CT molecular complexity index is 900. The third kappa shape index (κ3) is 3.01. The van der Waals surface area contributed by atoms with Gasteiger partial charge in [-0.15, -0.1) is 0 Å². The number of hydrogen-bond acceptors (Lipinski definition) is 4. The lowest BCUT2D eigenvalue weighted by Gasteiger charge is -2.21. The molecule has 0 aliphatic carbocycles. The van der Waals surface area contributed by atoms with E-state index in [9.17, 15) is 4.79 Å². The molecule has 4 rings (SSSR count). The van der Waals surface area contributed by atoms with Crippen molar-refractivity contribution >= 4 is 5.91 Å². The molecule has 2 atom stereocenters. The Morgan fingerprint density at radius 2 is 2.04 bits per heavy atom. The summed E-state index contributed by atoms with van der Waals surface area (Å²) in [7, 11) is 4.07. The van der Waals surface area contributed by atoms with E-state index < -0.39 is 0 Å². The highest BCUT2D eigenvalue weighted by Gasteiger charge is 2.35. The van der Waals surface area contributed by atoms with E-state index >= 15 is 0 Å². The molecule has 1 aliphatic heterocycles. The molecule has 0 unspecified atom stereocenters. The zero-order chi connectivity index (χ0) is 18.1. The lowest BCUT2D eigenvalue weighted by molar-refractivity contribution is 0.0935. The Kier molecular flexibility index (Phi) is 4.30. The van der Waals surface area contributed by atoms with Crippen molar-refractivity contribution in [1.82, 2.24) is 29.5 Å². The first-order chi connectivity index (χ1) is 12.6. The fourth-order valence-corrected chi connectivity index (χ4v) is 3.69. The average molecular weight is 350 g/mol. The highest BCUT2D eigenvalue weighted by atomic mass is 16.1. The van der Waals surface area contributed by atoms with Crippen molar-refractivity contribution in [2.24, 2.45) is 7.05 Å². The number of nitrogens with one attached hydrogen (secondary N) is 1. The number of imidazole rings is 1. The molecule has 7 heteroatoms. The van der Waals surface area contributed by atoms with Crippen LogP contribution in [0.1, 0.15) is 22.0 Å². The largest absolute Gasteiger partial charge is 0.347 e. The summed E-state index contributed by atoms with van der Waals surface area (Å²) >= 11 is 0. The summed E-state index contributed by atoms with van der Waals surface area (Å²) in [6, 6.07) is 9.41. The Labute approximate surface area is 152 Å². The van der Waals surface area contributed by atoms with E-state index in [-0.39, 0.29) is 17.9 Å². The second-order valence-corrected chi connectivity index (χ2v) is 6.80. The summed E-state index contributed by atoms with van der Waals surface area (Å²) in [5.41, 5.74) is 2.54. The zero-order valence-electron chi connectivity index (χ0n) is 14.9. The maximum atomic E-state index is 13.0. The van der Waals surface area contributed by atoms with Crippen LogP contribution in [0, 0.1) is 0 Å². The smallest absolute Gasteiger partial charge is 0.253 e. The van der Waals surface area contributed by atoms with E-state index in [1.54, 1.807) is 17.2 Å². The maximum absolute atomic E-state index is 13.0. The van der Waals surface area contributed by atoms with E-state index in [0.717, 1.165) is 24.5 Å². The number of likely N-dealkylation sites (tertiary alicyclic amines) is 1. The van der Waals surface area contributed by atoms with Crippen molar-refractivity contribution in [2.45, 2.75) is 12.0 Å². The molecule has 26 heavy (non-hydrogen) atoms. The van der Waals surface area contributed by atoms with Crippen LogP contribution in [-0.4, -0.2) is 56.3 Å². The van der Waals surface area contributed by atoms with Crippen LogP contribution in [0.25, 0.3) is 5.69 Å². The molecule has 3 heterocycles. The zero-order valence-corrected chi connectivity index (χ0v) is 14.9. The third-order valence-electron chi connectivity index (χ3n) is 4.95. The van der Waals surface area contributed by atoms with Crippen molar-refractivity contribution in [2.75, 3.05) is 20.1 Å². The molecule has 0 spiro atoms. The Hall–Kier alpha value is -2.93. The van der Waals surface area contributed by atoms with Crippen LogP contribution >= 0.6 is 0 Å². The van der Waals surface area contributed by atoms with Gasteiger partial charge >= 0.3 is 0 Å². The van der Waals surface area contributed by atoms with Crippen LogP contribution in [0.3, 0.4) is 0 Å². The van der Waals surface area contributed by atoms with Gasteiger partial charge in [-0.1, -0.05) is 12.1 Å². The Morgan fingerprint density at radius 1 is 1.19 bits per heavy atom. The predicted octanol–water partition coefficient (Wildman–Crippen LogP) is 1.43. The molecule has 2 aromatic heterocycles. The molecular formula is C19H22N6O. The number of carbonyl (C=O) groups excluding carboxylic acids is 1. The first-order valence-electron chi connectivity index (χ1n) is 8.68. The molecule has 0 saturated carbocycles. The molecule has 3 aromatic rings. The number of aryl methyl sites for hydroxylation is 1. The molecule has 1 saturated heterocycles. The van der Waals surface area contributed by atoms with Gasteiger partial charge in [-0.3, -0.25) is 4.79 Å². The Balaban J connectivity index is 1.59. The van der Waals surface area contributed by atoms with Crippen molar-refractivity contribution in [3.63, 3.8) is 0 Å². The normalized spacial score (nSPS) is 20.4. The fourth-order valence-electron chi connectivity index (χ4n) is 3.69. The minimum absolute atomic E-state index is 0.0357. The van der Waals surface area contributed by atoms with Crippen LogP contribution in [0.5, 0.6) is 0 Å². The second-order valence-electron chi connectivity index (χ2n) is 6.80. The number of rotatable bonds is 4. The third-order valence-corrected chi connectivity index (χ3v) is 4.95. The first kappa shape index (κ1) is 16.5. The molecule has 1 N–H and O–H groups in total. The van der Waals surface area contributed by atoms with Crippen LogP contribution in [0.4, 0.5) is 0 Å². The molecule has 1 aromatic carbocycles. The number of nitrogens with zero attached hydrogens (tertiary/aromatic N) is 5. The van der Waals surface area contributed by atoms with Crippen molar-refractivity contribution in [3.05, 3.63) is 66.5 Å². The fraction of sp³-hybridized carbons (Fsp3) is 0.316. The van der Waals surface area contributed by atoms with Crippen molar-refractivity contribution < 1.29 is 4.79 Å². The molecule has 134 valence electrons. The molecule has 1 amide bonds. The van der Waals surface area contributed by atoms with Gasteiger partial charge in [-0.25, -0.2) is 9.67 Å². The molecule has 0 bridgehead atoms. The van der Waals surface area contributed by atoms with Crippen LogP contribution in [0.2, 0.25) is 0 Å². The lowest BCUT2D eigenvalue weighted by Crippen LogP contribution is -2.40. The van der Waals surface area contributed by atoms with E-state index in [1.165, 1.54) is 0 Å². The van der Waals surface area contributed by atoms with E-state index in [2.05, 4.69) is 27.3 Å².